The van der Waals surface area contributed by atoms with E-state index in [-0.39, 0.29) is 36.3 Å². The molecule has 0 saturated heterocycles. The molecular weight excluding hydrogens is 398 g/mol. The molecular formula is C23H25N3O5. The maximum atomic E-state index is 13.2. The monoisotopic (exact) mass is 423 g/mol. The van der Waals surface area contributed by atoms with Gasteiger partial charge in [-0.25, -0.2) is 4.79 Å². The molecule has 8 nitrogen and oxygen atoms in total. The fourth-order valence-electron chi connectivity index (χ4n) is 4.95. The summed E-state index contributed by atoms with van der Waals surface area (Å²) < 4.78 is 6.75. The molecule has 4 aliphatic rings. The van der Waals surface area contributed by atoms with Crippen LogP contribution in [0.25, 0.3) is 0 Å². The molecule has 4 heterocycles. The van der Waals surface area contributed by atoms with E-state index in [9.17, 15) is 19.8 Å². The quantitative estimate of drug-likeness (QED) is 0.708. The molecule has 1 aromatic rings. The summed E-state index contributed by atoms with van der Waals surface area (Å²) in [7, 11) is 3.90. The van der Waals surface area contributed by atoms with Gasteiger partial charge in [0.25, 0.3) is 5.56 Å². The first kappa shape index (κ1) is 20.0. The fourth-order valence-corrected chi connectivity index (χ4v) is 4.95. The Morgan fingerprint density at radius 3 is 2.84 bits per heavy atom. The second-order valence-electron chi connectivity index (χ2n) is 8.80. The van der Waals surface area contributed by atoms with Crippen LogP contribution in [0.1, 0.15) is 30.2 Å². The van der Waals surface area contributed by atoms with Crippen LogP contribution in [0, 0.1) is 5.92 Å². The average Bonchev–Trinajstić information content (AvgIpc) is 3.10. The van der Waals surface area contributed by atoms with Crippen LogP contribution in [0.15, 0.2) is 51.0 Å². The van der Waals surface area contributed by atoms with Crippen molar-refractivity contribution in [3.05, 3.63) is 68.4 Å². The van der Waals surface area contributed by atoms with E-state index in [1.54, 1.807) is 23.6 Å². The second-order valence-corrected chi connectivity index (χ2v) is 8.80. The number of likely N-dealkylation sites (N-methyl/N-ethyl adjacent to an activating group) is 1. The molecule has 162 valence electrons. The molecule has 8 heteroatoms. The number of aliphatic imine (C=N–C) groups is 1. The van der Waals surface area contributed by atoms with Crippen LogP contribution in [0.4, 0.5) is 0 Å². The number of aliphatic hydroxyl groups excluding tert-OH is 1. The number of fused-ring (bicyclic) bond motifs is 5. The Hall–Kier alpha value is -2.97. The van der Waals surface area contributed by atoms with E-state index in [1.165, 1.54) is 0 Å². The Kier molecular flexibility index (Phi) is 4.36. The predicted molar refractivity (Wildman–Crippen MR) is 114 cm³/mol. The Morgan fingerprint density at radius 2 is 2.13 bits per heavy atom. The van der Waals surface area contributed by atoms with Crippen molar-refractivity contribution < 1.29 is 19.7 Å². The number of allylic oxidation sites excluding steroid dienone is 2. The molecule has 2 N–H and O–H groups in total. The minimum absolute atomic E-state index is 0.0803. The van der Waals surface area contributed by atoms with E-state index in [4.69, 9.17) is 9.73 Å². The summed E-state index contributed by atoms with van der Waals surface area (Å²) in [5.74, 6) is -0.545. The third-order valence-corrected chi connectivity index (χ3v) is 6.61. The third-order valence-electron chi connectivity index (χ3n) is 6.61. The Balaban J connectivity index is 1.63. The maximum Gasteiger partial charge on any atom is 0.343 e. The van der Waals surface area contributed by atoms with Crippen LogP contribution in [0.2, 0.25) is 0 Å². The highest BCUT2D eigenvalue weighted by molar-refractivity contribution is 6.14. The van der Waals surface area contributed by atoms with Crippen LogP contribution < -0.4 is 5.56 Å². The molecule has 31 heavy (non-hydrogen) atoms. The number of hydrogen-bond donors (Lipinski definition) is 2. The summed E-state index contributed by atoms with van der Waals surface area (Å²) in [6.45, 7) is 2.52. The van der Waals surface area contributed by atoms with Crippen molar-refractivity contribution in [1.29, 1.82) is 0 Å². The van der Waals surface area contributed by atoms with Crippen LogP contribution in [-0.2, 0) is 28.3 Å². The molecule has 3 aliphatic heterocycles. The molecule has 2 unspecified atom stereocenters. The van der Waals surface area contributed by atoms with Gasteiger partial charge in [0.2, 0.25) is 0 Å². The van der Waals surface area contributed by atoms with Gasteiger partial charge in [-0.05, 0) is 43.8 Å². The van der Waals surface area contributed by atoms with E-state index in [1.807, 2.05) is 25.1 Å². The molecule has 0 spiro atoms. The lowest BCUT2D eigenvalue weighted by atomic mass is 9.81. The van der Waals surface area contributed by atoms with E-state index < -0.39 is 11.6 Å². The van der Waals surface area contributed by atoms with Gasteiger partial charge in [-0.2, -0.15) is 0 Å². The largest absolute Gasteiger partial charge is 0.508 e. The molecule has 0 saturated carbocycles. The number of rotatable bonds is 3. The second kappa shape index (κ2) is 6.77. The van der Waals surface area contributed by atoms with E-state index in [0.717, 1.165) is 11.1 Å². The van der Waals surface area contributed by atoms with Gasteiger partial charge in [0.1, 0.15) is 12.4 Å². The van der Waals surface area contributed by atoms with Crippen molar-refractivity contribution in [1.82, 2.24) is 9.47 Å². The lowest BCUT2D eigenvalue weighted by Crippen LogP contribution is -2.44. The summed E-state index contributed by atoms with van der Waals surface area (Å²) in [5.41, 5.74) is 1.65. The van der Waals surface area contributed by atoms with E-state index in [0.29, 0.717) is 35.6 Å². The molecule has 1 aliphatic carbocycles. The zero-order valence-electron chi connectivity index (χ0n) is 17.8. The molecule has 0 amide bonds. The Labute approximate surface area is 179 Å². The highest BCUT2D eigenvalue weighted by atomic mass is 16.6. The van der Waals surface area contributed by atoms with Gasteiger partial charge in [-0.3, -0.25) is 9.79 Å². The predicted octanol–water partition coefficient (Wildman–Crippen LogP) is 1.17. The Morgan fingerprint density at radius 1 is 1.35 bits per heavy atom. The first-order chi connectivity index (χ1) is 14.7. The standard InChI is InChI=1S/C23H25N3O5/c1-4-23(30)16-8-18-20-12(9-26(18)21(28)15(16)11-31-22(23)29)7-13-14(10-25(2)3)19(27)6-5-17(13)24-20/h5-8,13,17,27,30H,4,9-11H2,1-3H3/t13?,17?,23-/m0/s1. The summed E-state index contributed by atoms with van der Waals surface area (Å²) in [4.78, 5) is 32.5. The van der Waals surface area contributed by atoms with Crippen LogP contribution in [-0.4, -0.2) is 58.0 Å². The lowest BCUT2D eigenvalue weighted by molar-refractivity contribution is -0.172. The number of carbonyl (C=O) groups is 1. The highest BCUT2D eigenvalue weighted by Crippen LogP contribution is 2.39. The van der Waals surface area contributed by atoms with Crippen molar-refractivity contribution in [3.8, 4) is 0 Å². The number of ether oxygens (including phenoxy) is 1. The zero-order valence-corrected chi connectivity index (χ0v) is 17.8. The highest BCUT2D eigenvalue weighted by Gasteiger charge is 2.46. The topological polar surface area (TPSA) is 104 Å². The smallest absolute Gasteiger partial charge is 0.343 e. The van der Waals surface area contributed by atoms with Crippen LogP contribution in [0.3, 0.4) is 0 Å². The fraction of sp³-hybridized carbons (Fsp3) is 0.435. The summed E-state index contributed by atoms with van der Waals surface area (Å²) in [6, 6.07) is 1.54. The van der Waals surface area contributed by atoms with Gasteiger partial charge in [0, 0.05) is 18.0 Å². The molecule has 0 bridgehead atoms. The van der Waals surface area contributed by atoms with Gasteiger partial charge < -0.3 is 24.4 Å². The zero-order chi connectivity index (χ0) is 22.1. The van der Waals surface area contributed by atoms with Gasteiger partial charge in [-0.1, -0.05) is 19.1 Å². The minimum atomic E-state index is -1.83. The molecule has 0 fully saturated rings. The van der Waals surface area contributed by atoms with Crippen LogP contribution in [0.5, 0.6) is 0 Å². The number of cyclic esters (lactones) is 1. The number of aromatic nitrogens is 1. The molecule has 1 aromatic heterocycles. The number of esters is 1. The van der Waals surface area contributed by atoms with E-state index >= 15 is 0 Å². The van der Waals surface area contributed by atoms with Gasteiger partial charge in [-0.15, -0.1) is 0 Å². The first-order valence-electron chi connectivity index (χ1n) is 10.5. The van der Waals surface area contributed by atoms with E-state index in [2.05, 4.69) is 6.08 Å². The minimum Gasteiger partial charge on any atom is -0.508 e. The molecule has 0 radical (unpaired) electrons. The van der Waals surface area contributed by atoms with Crippen LogP contribution >= 0.6 is 0 Å². The van der Waals surface area contributed by atoms with Crippen molar-refractivity contribution in [2.45, 2.75) is 38.1 Å². The number of nitrogens with zero attached hydrogens (tertiary/aromatic N) is 3. The SMILES string of the molecule is CC[C@@]1(O)C(=O)OCc2c1cc1n(c2=O)CC2=CC3C(CN(C)C)=C(O)C=CC3N=C21. The first-order valence-corrected chi connectivity index (χ1v) is 10.5. The Bertz CT molecular complexity index is 1190. The molecule has 0 aromatic carbocycles. The number of dihydropyridines is 1. The third kappa shape index (κ3) is 2.78. The number of aliphatic hydroxyl groups is 2. The van der Waals surface area contributed by atoms with Gasteiger partial charge >= 0.3 is 5.97 Å². The summed E-state index contributed by atoms with van der Waals surface area (Å²) in [6.07, 6.45) is 5.76. The summed E-state index contributed by atoms with van der Waals surface area (Å²) in [5, 5.41) is 21.4. The number of carbonyl (C=O) groups excluding carboxylic acids is 1. The maximum absolute atomic E-state index is 13.2. The molecule has 5 rings (SSSR count). The lowest BCUT2D eigenvalue weighted by Gasteiger charge is -2.32. The van der Waals surface area contributed by atoms with Crippen molar-refractivity contribution in [2.75, 3.05) is 20.6 Å². The van der Waals surface area contributed by atoms with Crippen molar-refractivity contribution >= 4 is 11.7 Å². The van der Waals surface area contributed by atoms with Crippen molar-refractivity contribution in [3.63, 3.8) is 0 Å². The molecule has 3 atom stereocenters. The summed E-state index contributed by atoms with van der Waals surface area (Å²) >= 11 is 0. The number of pyridine rings is 1. The van der Waals surface area contributed by atoms with Gasteiger partial charge in [0.05, 0.1) is 29.6 Å². The number of hydrogen-bond acceptors (Lipinski definition) is 7. The van der Waals surface area contributed by atoms with Gasteiger partial charge in [0.15, 0.2) is 5.60 Å². The van der Waals surface area contributed by atoms with Crippen molar-refractivity contribution in [2.24, 2.45) is 10.9 Å². The average molecular weight is 423 g/mol. The normalized spacial score (nSPS) is 28.5.